The lowest BCUT2D eigenvalue weighted by molar-refractivity contribution is -0.139. The number of carbonyl (C=O) groups excluding carboxylic acids is 2. The molecule has 4 rings (SSSR count). The second-order valence-corrected chi connectivity index (χ2v) is 7.83. The van der Waals surface area contributed by atoms with Crippen molar-refractivity contribution in [1.82, 2.24) is 10.2 Å². The highest BCUT2D eigenvalue weighted by Gasteiger charge is 2.41. The van der Waals surface area contributed by atoms with E-state index < -0.39 is 5.92 Å². The zero-order chi connectivity index (χ0) is 17.4. The molecule has 0 aliphatic carbocycles. The SMILES string of the molecule is O=C(C1CCN(c2ccc(Cl)cc2)C1=O)N1CC[C@@H]2CNC[C@@H]2CC1. The first-order valence-electron chi connectivity index (χ1n) is 9.20. The minimum atomic E-state index is -0.522. The van der Waals surface area contributed by atoms with Crippen molar-refractivity contribution in [2.45, 2.75) is 19.3 Å². The first kappa shape index (κ1) is 16.9. The number of hydrogen-bond donors (Lipinski definition) is 1. The minimum Gasteiger partial charge on any atom is -0.342 e. The molecule has 6 heteroatoms. The van der Waals surface area contributed by atoms with Crippen molar-refractivity contribution in [2.75, 3.05) is 37.6 Å². The van der Waals surface area contributed by atoms with Crippen LogP contribution in [0.5, 0.6) is 0 Å². The second kappa shape index (κ2) is 6.96. The zero-order valence-electron chi connectivity index (χ0n) is 14.3. The molecule has 3 aliphatic heterocycles. The number of halogens is 1. The van der Waals surface area contributed by atoms with Crippen LogP contribution >= 0.6 is 11.6 Å². The van der Waals surface area contributed by atoms with Gasteiger partial charge in [0.25, 0.3) is 0 Å². The summed E-state index contributed by atoms with van der Waals surface area (Å²) in [7, 11) is 0. The summed E-state index contributed by atoms with van der Waals surface area (Å²) in [6, 6.07) is 7.24. The first-order chi connectivity index (χ1) is 12.1. The van der Waals surface area contributed by atoms with E-state index >= 15 is 0 Å². The Balaban J connectivity index is 1.42. The van der Waals surface area contributed by atoms with Gasteiger partial charge in [-0.25, -0.2) is 0 Å². The maximum Gasteiger partial charge on any atom is 0.239 e. The molecule has 2 amide bonds. The topological polar surface area (TPSA) is 52.7 Å². The van der Waals surface area contributed by atoms with E-state index in [1.807, 2.05) is 17.0 Å². The molecule has 0 radical (unpaired) electrons. The van der Waals surface area contributed by atoms with Gasteiger partial charge in [0.2, 0.25) is 11.8 Å². The van der Waals surface area contributed by atoms with Gasteiger partial charge in [0, 0.05) is 30.3 Å². The number of carbonyl (C=O) groups is 2. The summed E-state index contributed by atoms with van der Waals surface area (Å²) in [6.45, 7) is 4.30. The van der Waals surface area contributed by atoms with E-state index in [0.29, 0.717) is 29.8 Å². The van der Waals surface area contributed by atoms with E-state index in [-0.39, 0.29) is 11.8 Å². The molecule has 3 fully saturated rings. The summed E-state index contributed by atoms with van der Waals surface area (Å²) < 4.78 is 0. The number of benzene rings is 1. The highest BCUT2D eigenvalue weighted by molar-refractivity contribution is 6.30. The number of fused-ring (bicyclic) bond motifs is 1. The maximum atomic E-state index is 13.0. The monoisotopic (exact) mass is 361 g/mol. The van der Waals surface area contributed by atoms with Crippen molar-refractivity contribution >= 4 is 29.1 Å². The van der Waals surface area contributed by atoms with Crippen LogP contribution in [0.15, 0.2) is 24.3 Å². The lowest BCUT2D eigenvalue weighted by Gasteiger charge is -2.24. The van der Waals surface area contributed by atoms with Gasteiger partial charge in [-0.2, -0.15) is 0 Å². The molecule has 1 N–H and O–H groups in total. The molecule has 1 aromatic rings. The van der Waals surface area contributed by atoms with Crippen LogP contribution in [0.2, 0.25) is 5.02 Å². The molecule has 0 saturated carbocycles. The Morgan fingerprint density at radius 3 is 2.28 bits per heavy atom. The molecule has 5 nitrogen and oxygen atoms in total. The van der Waals surface area contributed by atoms with Crippen molar-refractivity contribution in [2.24, 2.45) is 17.8 Å². The average Bonchev–Trinajstić information content (AvgIpc) is 3.17. The number of hydrogen-bond acceptors (Lipinski definition) is 3. The quantitative estimate of drug-likeness (QED) is 0.821. The lowest BCUT2D eigenvalue weighted by atomic mass is 9.92. The van der Waals surface area contributed by atoms with Crippen LogP contribution in [0, 0.1) is 17.8 Å². The van der Waals surface area contributed by atoms with Crippen molar-refractivity contribution in [1.29, 1.82) is 0 Å². The van der Waals surface area contributed by atoms with Crippen molar-refractivity contribution in [3.05, 3.63) is 29.3 Å². The molecule has 3 aliphatic rings. The van der Waals surface area contributed by atoms with Gasteiger partial charge in [-0.05, 0) is 68.5 Å². The van der Waals surface area contributed by atoms with E-state index in [1.165, 1.54) is 0 Å². The van der Waals surface area contributed by atoms with E-state index in [4.69, 9.17) is 11.6 Å². The number of amides is 2. The third-order valence-electron chi connectivity index (χ3n) is 5.97. The fraction of sp³-hybridized carbons (Fsp3) is 0.579. The van der Waals surface area contributed by atoms with Crippen molar-refractivity contribution < 1.29 is 9.59 Å². The molecule has 3 atom stereocenters. The summed E-state index contributed by atoms with van der Waals surface area (Å²) in [6.07, 6.45) is 2.70. The number of rotatable bonds is 2. The summed E-state index contributed by atoms with van der Waals surface area (Å²) in [5, 5.41) is 4.10. The molecular formula is C19H24ClN3O2. The summed E-state index contributed by atoms with van der Waals surface area (Å²) in [5.74, 6) is 0.796. The fourth-order valence-corrected chi connectivity index (χ4v) is 4.57. The van der Waals surface area contributed by atoms with Crippen LogP contribution in [0.1, 0.15) is 19.3 Å². The Kier molecular flexibility index (Phi) is 4.69. The van der Waals surface area contributed by atoms with Gasteiger partial charge < -0.3 is 15.1 Å². The zero-order valence-corrected chi connectivity index (χ0v) is 15.0. The lowest BCUT2D eigenvalue weighted by Crippen LogP contribution is -2.41. The number of anilines is 1. The summed E-state index contributed by atoms with van der Waals surface area (Å²) in [4.78, 5) is 29.4. The Hall–Kier alpha value is -1.59. The smallest absolute Gasteiger partial charge is 0.239 e. The highest BCUT2D eigenvalue weighted by atomic mass is 35.5. The molecule has 25 heavy (non-hydrogen) atoms. The highest BCUT2D eigenvalue weighted by Crippen LogP contribution is 2.31. The van der Waals surface area contributed by atoms with Crippen molar-refractivity contribution in [3.8, 4) is 0 Å². The van der Waals surface area contributed by atoms with Crippen LogP contribution in [0.3, 0.4) is 0 Å². The van der Waals surface area contributed by atoms with Crippen LogP contribution in [0.4, 0.5) is 5.69 Å². The minimum absolute atomic E-state index is 0.0226. The molecule has 3 saturated heterocycles. The Morgan fingerprint density at radius 1 is 1.00 bits per heavy atom. The van der Waals surface area contributed by atoms with Crippen LogP contribution in [0.25, 0.3) is 0 Å². The molecule has 1 unspecified atom stereocenters. The van der Waals surface area contributed by atoms with Crippen LogP contribution in [-0.2, 0) is 9.59 Å². The Morgan fingerprint density at radius 2 is 1.64 bits per heavy atom. The Bertz CT molecular complexity index is 649. The van der Waals surface area contributed by atoms with E-state index in [1.54, 1.807) is 17.0 Å². The van der Waals surface area contributed by atoms with Gasteiger partial charge in [0.05, 0.1) is 0 Å². The second-order valence-electron chi connectivity index (χ2n) is 7.39. The first-order valence-corrected chi connectivity index (χ1v) is 9.58. The molecule has 134 valence electrons. The molecule has 0 aromatic heterocycles. The summed E-state index contributed by atoms with van der Waals surface area (Å²) in [5.41, 5.74) is 0.821. The predicted octanol–water partition coefficient (Wildman–Crippen LogP) is 2.15. The van der Waals surface area contributed by atoms with Crippen LogP contribution in [-0.4, -0.2) is 49.4 Å². The van der Waals surface area contributed by atoms with E-state index in [9.17, 15) is 9.59 Å². The Labute approximate surface area is 153 Å². The van der Waals surface area contributed by atoms with E-state index in [0.717, 1.165) is 44.7 Å². The van der Waals surface area contributed by atoms with Gasteiger partial charge in [-0.3, -0.25) is 9.59 Å². The van der Waals surface area contributed by atoms with Crippen molar-refractivity contribution in [3.63, 3.8) is 0 Å². The number of nitrogens with one attached hydrogen (secondary N) is 1. The molecule has 0 spiro atoms. The molecule has 0 bridgehead atoms. The number of nitrogens with zero attached hydrogens (tertiary/aromatic N) is 2. The molecular weight excluding hydrogens is 338 g/mol. The van der Waals surface area contributed by atoms with E-state index in [2.05, 4.69) is 5.32 Å². The number of likely N-dealkylation sites (tertiary alicyclic amines) is 1. The fourth-order valence-electron chi connectivity index (χ4n) is 4.45. The van der Waals surface area contributed by atoms with Gasteiger partial charge in [-0.15, -0.1) is 0 Å². The average molecular weight is 362 g/mol. The normalized spacial score (nSPS) is 29.6. The maximum absolute atomic E-state index is 13.0. The standard InChI is InChI=1S/C19H24ClN3O2/c20-15-1-3-16(4-2-15)23-10-7-17(19(23)25)18(24)22-8-5-13-11-21-12-14(13)6-9-22/h1-4,13-14,17,21H,5-12H2/t13-,14+,17?. The van der Waals surface area contributed by atoms with Gasteiger partial charge in [-0.1, -0.05) is 11.6 Å². The van der Waals surface area contributed by atoms with Gasteiger partial charge in [0.15, 0.2) is 0 Å². The largest absolute Gasteiger partial charge is 0.342 e. The predicted molar refractivity (Wildman–Crippen MR) is 97.6 cm³/mol. The van der Waals surface area contributed by atoms with Gasteiger partial charge in [0.1, 0.15) is 5.92 Å². The van der Waals surface area contributed by atoms with Gasteiger partial charge >= 0.3 is 0 Å². The summed E-state index contributed by atoms with van der Waals surface area (Å²) >= 11 is 5.92. The third-order valence-corrected chi connectivity index (χ3v) is 6.22. The van der Waals surface area contributed by atoms with Crippen LogP contribution < -0.4 is 10.2 Å². The molecule has 1 aromatic carbocycles. The molecule has 3 heterocycles. The third kappa shape index (κ3) is 3.27.